The first-order valence-corrected chi connectivity index (χ1v) is 12.6. The Kier molecular flexibility index (Phi) is 8.25. The molecular weight excluding hydrogens is 418 g/mol. The maximum absolute atomic E-state index is 13.7. The average molecular weight is 458 g/mol. The zero-order valence-electron chi connectivity index (χ0n) is 20.2. The SMILES string of the molecule is COCCCN(C[C@@H]1CCCN2CCCC[C@H]12)C(=O)C1CC(=O)N(c2ccccc2OC)C1. The fourth-order valence-electron chi connectivity index (χ4n) is 5.98. The number of piperidine rings is 2. The first-order chi connectivity index (χ1) is 16.1. The average Bonchev–Trinajstić information content (AvgIpc) is 3.24. The molecule has 7 heteroatoms. The van der Waals surface area contributed by atoms with Crippen molar-refractivity contribution in [3.63, 3.8) is 0 Å². The van der Waals surface area contributed by atoms with Crippen molar-refractivity contribution in [1.82, 2.24) is 9.80 Å². The summed E-state index contributed by atoms with van der Waals surface area (Å²) in [7, 11) is 3.31. The van der Waals surface area contributed by atoms with E-state index in [2.05, 4.69) is 4.90 Å². The van der Waals surface area contributed by atoms with Crippen LogP contribution < -0.4 is 9.64 Å². The van der Waals surface area contributed by atoms with Crippen molar-refractivity contribution in [1.29, 1.82) is 0 Å². The van der Waals surface area contributed by atoms with Crippen molar-refractivity contribution in [3.05, 3.63) is 24.3 Å². The molecule has 1 unspecified atom stereocenters. The predicted molar refractivity (Wildman–Crippen MR) is 128 cm³/mol. The minimum Gasteiger partial charge on any atom is -0.495 e. The van der Waals surface area contributed by atoms with Crippen LogP contribution in [0.3, 0.4) is 0 Å². The van der Waals surface area contributed by atoms with Crippen molar-refractivity contribution >= 4 is 17.5 Å². The van der Waals surface area contributed by atoms with E-state index in [9.17, 15) is 9.59 Å². The van der Waals surface area contributed by atoms with E-state index in [1.54, 1.807) is 19.1 Å². The van der Waals surface area contributed by atoms with Crippen LogP contribution in [0.1, 0.15) is 44.9 Å². The fourth-order valence-corrected chi connectivity index (χ4v) is 5.98. The highest BCUT2D eigenvalue weighted by Gasteiger charge is 2.40. The number of methoxy groups -OCH3 is 2. The number of benzene rings is 1. The molecule has 2 amide bonds. The van der Waals surface area contributed by atoms with Crippen molar-refractivity contribution in [2.45, 2.75) is 51.0 Å². The molecule has 33 heavy (non-hydrogen) atoms. The van der Waals surface area contributed by atoms with Gasteiger partial charge in [-0.15, -0.1) is 0 Å². The van der Waals surface area contributed by atoms with Gasteiger partial charge >= 0.3 is 0 Å². The molecule has 7 nitrogen and oxygen atoms in total. The number of rotatable bonds is 9. The van der Waals surface area contributed by atoms with E-state index < -0.39 is 0 Å². The largest absolute Gasteiger partial charge is 0.495 e. The van der Waals surface area contributed by atoms with Gasteiger partial charge in [0.25, 0.3) is 0 Å². The Balaban J connectivity index is 1.46. The summed E-state index contributed by atoms with van der Waals surface area (Å²) < 4.78 is 10.7. The van der Waals surface area contributed by atoms with E-state index in [0.29, 0.717) is 37.4 Å². The standard InChI is InChI=1S/C26H39N3O4/c1-32-16-8-15-28(18-20-9-7-14-27-13-6-5-10-22(20)27)26(31)21-17-25(30)29(19-21)23-11-3-4-12-24(23)33-2/h3-4,11-12,20-22H,5-10,13-19H2,1-2H3/t20-,21?,22+/m0/s1. The highest BCUT2D eigenvalue weighted by Crippen LogP contribution is 2.35. The van der Waals surface area contributed by atoms with Crippen LogP contribution in [0.4, 0.5) is 5.69 Å². The lowest BCUT2D eigenvalue weighted by Crippen LogP contribution is -2.52. The molecule has 182 valence electrons. The van der Waals surface area contributed by atoms with E-state index in [1.807, 2.05) is 29.2 Å². The molecule has 0 N–H and O–H groups in total. The van der Waals surface area contributed by atoms with Crippen LogP contribution in [0.25, 0.3) is 0 Å². The normalized spacial score (nSPS) is 25.7. The van der Waals surface area contributed by atoms with Gasteiger partial charge in [-0.25, -0.2) is 0 Å². The fraction of sp³-hybridized carbons (Fsp3) is 0.692. The van der Waals surface area contributed by atoms with Gasteiger partial charge in [0.2, 0.25) is 11.8 Å². The highest BCUT2D eigenvalue weighted by molar-refractivity contribution is 6.01. The number of hydrogen-bond donors (Lipinski definition) is 0. The van der Waals surface area contributed by atoms with Crippen LogP contribution in [-0.4, -0.2) is 81.2 Å². The van der Waals surface area contributed by atoms with Gasteiger partial charge in [0.1, 0.15) is 5.75 Å². The smallest absolute Gasteiger partial charge is 0.228 e. The molecule has 0 saturated carbocycles. The van der Waals surface area contributed by atoms with Crippen LogP contribution in [0.2, 0.25) is 0 Å². The molecule has 0 spiro atoms. The molecule has 3 saturated heterocycles. The molecule has 3 fully saturated rings. The summed E-state index contributed by atoms with van der Waals surface area (Å²) in [4.78, 5) is 33.0. The lowest BCUT2D eigenvalue weighted by atomic mass is 9.83. The number of fused-ring (bicyclic) bond motifs is 1. The van der Waals surface area contributed by atoms with Crippen LogP contribution in [-0.2, 0) is 14.3 Å². The van der Waals surface area contributed by atoms with Gasteiger partial charge < -0.3 is 24.2 Å². The van der Waals surface area contributed by atoms with Crippen LogP contribution in [0.15, 0.2) is 24.3 Å². The van der Waals surface area contributed by atoms with Gasteiger partial charge in [-0.05, 0) is 63.2 Å². The number of para-hydroxylation sites is 2. The maximum atomic E-state index is 13.7. The molecule has 1 aromatic carbocycles. The Morgan fingerprint density at radius 3 is 2.76 bits per heavy atom. The van der Waals surface area contributed by atoms with E-state index in [1.165, 1.54) is 45.2 Å². The molecule has 3 aliphatic heterocycles. The van der Waals surface area contributed by atoms with Crippen molar-refractivity contribution < 1.29 is 19.1 Å². The van der Waals surface area contributed by atoms with E-state index in [4.69, 9.17) is 9.47 Å². The summed E-state index contributed by atoms with van der Waals surface area (Å²) in [5.74, 6) is 0.982. The lowest BCUT2D eigenvalue weighted by molar-refractivity contribution is -0.137. The Bertz CT molecular complexity index is 814. The molecular formula is C26H39N3O4. The first kappa shape index (κ1) is 24.0. The van der Waals surface area contributed by atoms with Gasteiger partial charge in [-0.3, -0.25) is 9.59 Å². The molecule has 4 rings (SSSR count). The Morgan fingerprint density at radius 1 is 1.12 bits per heavy atom. The van der Waals surface area contributed by atoms with Crippen LogP contribution >= 0.6 is 0 Å². The Morgan fingerprint density at radius 2 is 1.94 bits per heavy atom. The summed E-state index contributed by atoms with van der Waals surface area (Å²) in [5.41, 5.74) is 0.747. The highest BCUT2D eigenvalue weighted by atomic mass is 16.5. The number of carbonyl (C=O) groups excluding carboxylic acids is 2. The van der Waals surface area contributed by atoms with Crippen LogP contribution in [0.5, 0.6) is 5.75 Å². The van der Waals surface area contributed by atoms with E-state index in [-0.39, 0.29) is 24.2 Å². The third-order valence-electron chi connectivity index (χ3n) is 7.62. The zero-order chi connectivity index (χ0) is 23.2. The second-order valence-electron chi connectivity index (χ2n) is 9.71. The van der Waals surface area contributed by atoms with Gasteiger partial charge in [0, 0.05) is 45.8 Å². The number of hydrogen-bond acceptors (Lipinski definition) is 5. The molecule has 3 atom stereocenters. The lowest BCUT2D eigenvalue weighted by Gasteiger charge is -2.46. The Labute approximate surface area is 198 Å². The third-order valence-corrected chi connectivity index (χ3v) is 7.62. The molecule has 0 radical (unpaired) electrons. The van der Waals surface area contributed by atoms with Crippen molar-refractivity contribution in [2.24, 2.45) is 11.8 Å². The first-order valence-electron chi connectivity index (χ1n) is 12.6. The maximum Gasteiger partial charge on any atom is 0.228 e. The summed E-state index contributed by atoms with van der Waals surface area (Å²) >= 11 is 0. The topological polar surface area (TPSA) is 62.3 Å². The molecule has 3 heterocycles. The summed E-state index contributed by atoms with van der Waals surface area (Å²) in [6, 6.07) is 8.13. The van der Waals surface area contributed by atoms with E-state index >= 15 is 0 Å². The van der Waals surface area contributed by atoms with Crippen molar-refractivity contribution in [3.8, 4) is 5.75 Å². The molecule has 0 aliphatic carbocycles. The summed E-state index contributed by atoms with van der Waals surface area (Å²) in [6.45, 7) is 4.94. The molecule has 1 aromatic rings. The second-order valence-corrected chi connectivity index (χ2v) is 9.71. The summed E-state index contributed by atoms with van der Waals surface area (Å²) in [6.07, 6.45) is 7.31. The minimum atomic E-state index is -0.309. The van der Waals surface area contributed by atoms with Gasteiger partial charge in [-0.1, -0.05) is 18.6 Å². The monoisotopic (exact) mass is 457 g/mol. The second kappa shape index (κ2) is 11.3. The van der Waals surface area contributed by atoms with Crippen LogP contribution in [0, 0.1) is 11.8 Å². The van der Waals surface area contributed by atoms with E-state index in [0.717, 1.165) is 18.7 Å². The molecule has 0 aromatic heterocycles. The number of amides is 2. The number of carbonyl (C=O) groups is 2. The Hall–Kier alpha value is -2.12. The minimum absolute atomic E-state index is 0.00851. The molecule has 0 bridgehead atoms. The quantitative estimate of drug-likeness (QED) is 0.533. The van der Waals surface area contributed by atoms with Gasteiger partial charge in [0.15, 0.2) is 0 Å². The predicted octanol–water partition coefficient (Wildman–Crippen LogP) is 3.18. The third kappa shape index (κ3) is 5.52. The zero-order valence-corrected chi connectivity index (χ0v) is 20.2. The number of anilines is 1. The summed E-state index contributed by atoms with van der Waals surface area (Å²) in [5, 5.41) is 0. The molecule has 3 aliphatic rings. The number of ether oxygens (including phenoxy) is 2. The van der Waals surface area contributed by atoms with Gasteiger partial charge in [0.05, 0.1) is 18.7 Å². The van der Waals surface area contributed by atoms with Crippen molar-refractivity contribution in [2.75, 3.05) is 58.5 Å². The van der Waals surface area contributed by atoms with Gasteiger partial charge in [-0.2, -0.15) is 0 Å². The number of nitrogens with zero attached hydrogens (tertiary/aromatic N) is 3.